The number of benzene rings is 2. The van der Waals surface area contributed by atoms with E-state index in [2.05, 4.69) is 15.3 Å². The first-order valence-corrected chi connectivity index (χ1v) is 8.14. The molecule has 0 aliphatic heterocycles. The average molecular weight is 348 g/mol. The third-order valence-electron chi connectivity index (χ3n) is 4.14. The lowest BCUT2D eigenvalue weighted by molar-refractivity contribution is -0.384. The van der Waals surface area contributed by atoms with Crippen LogP contribution in [0.15, 0.2) is 54.7 Å². The highest BCUT2D eigenvalue weighted by atomic mass is 16.6. The van der Waals surface area contributed by atoms with Crippen molar-refractivity contribution >= 4 is 28.2 Å². The molecule has 0 spiro atoms. The summed E-state index contributed by atoms with van der Waals surface area (Å²) >= 11 is 0. The lowest BCUT2D eigenvalue weighted by Gasteiger charge is -2.11. The Morgan fingerprint density at radius 2 is 1.92 bits per heavy atom. The molecule has 0 bridgehead atoms. The number of imidazole rings is 1. The monoisotopic (exact) mass is 348 g/mol. The zero-order valence-electron chi connectivity index (χ0n) is 13.8. The van der Waals surface area contributed by atoms with Gasteiger partial charge in [0.1, 0.15) is 0 Å². The van der Waals surface area contributed by atoms with Crippen molar-refractivity contribution in [2.45, 2.75) is 0 Å². The second kappa shape index (κ2) is 6.41. The van der Waals surface area contributed by atoms with E-state index in [4.69, 9.17) is 5.73 Å². The molecule has 8 heteroatoms. The second-order valence-corrected chi connectivity index (χ2v) is 5.77. The van der Waals surface area contributed by atoms with Gasteiger partial charge in [0.25, 0.3) is 5.69 Å². The molecule has 0 amide bonds. The molecule has 26 heavy (non-hydrogen) atoms. The molecule has 8 nitrogen and oxygen atoms in total. The van der Waals surface area contributed by atoms with E-state index < -0.39 is 4.92 Å². The number of hydrogen-bond donors (Lipinski definition) is 2. The van der Waals surface area contributed by atoms with Crippen molar-refractivity contribution < 1.29 is 4.92 Å². The Morgan fingerprint density at radius 1 is 1.15 bits per heavy atom. The van der Waals surface area contributed by atoms with E-state index in [9.17, 15) is 10.1 Å². The normalized spacial score (nSPS) is 11.1. The number of nitro benzene ring substituents is 1. The van der Waals surface area contributed by atoms with E-state index in [0.717, 1.165) is 22.3 Å². The fourth-order valence-corrected chi connectivity index (χ4v) is 2.95. The Morgan fingerprint density at radius 3 is 2.65 bits per heavy atom. The van der Waals surface area contributed by atoms with E-state index >= 15 is 0 Å². The van der Waals surface area contributed by atoms with Gasteiger partial charge in [0.2, 0.25) is 0 Å². The molecule has 4 aromatic rings. The molecule has 0 fully saturated rings. The third kappa shape index (κ3) is 2.62. The molecule has 2 aromatic heterocycles. The van der Waals surface area contributed by atoms with E-state index in [1.54, 1.807) is 18.3 Å². The topological polar surface area (TPSA) is 111 Å². The minimum absolute atomic E-state index is 0.0550. The van der Waals surface area contributed by atoms with Crippen LogP contribution < -0.4 is 11.1 Å². The summed E-state index contributed by atoms with van der Waals surface area (Å²) in [6, 6.07) is 14.2. The van der Waals surface area contributed by atoms with Crippen molar-refractivity contribution in [2.75, 3.05) is 18.4 Å². The van der Waals surface area contributed by atoms with Gasteiger partial charge in [0.15, 0.2) is 11.5 Å². The lowest BCUT2D eigenvalue weighted by atomic mass is 10.1. The second-order valence-electron chi connectivity index (χ2n) is 5.77. The summed E-state index contributed by atoms with van der Waals surface area (Å²) in [5.41, 5.74) is 9.74. The first-order valence-electron chi connectivity index (χ1n) is 8.14. The van der Waals surface area contributed by atoms with Crippen LogP contribution in [0.1, 0.15) is 0 Å². The van der Waals surface area contributed by atoms with Gasteiger partial charge >= 0.3 is 0 Å². The maximum atomic E-state index is 10.9. The van der Waals surface area contributed by atoms with Crippen LogP contribution in [-0.2, 0) is 0 Å². The minimum Gasteiger partial charge on any atom is -0.366 e. The first-order chi connectivity index (χ1) is 12.7. The van der Waals surface area contributed by atoms with Gasteiger partial charge in [0.05, 0.1) is 27.8 Å². The lowest BCUT2D eigenvalue weighted by Crippen LogP contribution is -2.15. The van der Waals surface area contributed by atoms with Crippen molar-refractivity contribution in [1.82, 2.24) is 14.4 Å². The van der Waals surface area contributed by atoms with Crippen LogP contribution in [0.4, 0.5) is 11.5 Å². The molecule has 0 saturated carbocycles. The number of aromatic nitrogens is 3. The quantitative estimate of drug-likeness (QED) is 0.424. The van der Waals surface area contributed by atoms with Crippen LogP contribution in [0.2, 0.25) is 0 Å². The molecule has 3 N–H and O–H groups in total. The van der Waals surface area contributed by atoms with Crippen LogP contribution in [-0.4, -0.2) is 32.4 Å². The molecule has 0 unspecified atom stereocenters. The fraction of sp³-hybridized carbons (Fsp3) is 0.111. The van der Waals surface area contributed by atoms with Gasteiger partial charge in [0, 0.05) is 30.8 Å². The number of nitrogens with two attached hydrogens (primary N) is 1. The van der Waals surface area contributed by atoms with Crippen molar-refractivity contribution in [3.8, 4) is 11.3 Å². The van der Waals surface area contributed by atoms with E-state index in [0.29, 0.717) is 24.6 Å². The number of nitrogens with zero attached hydrogens (tertiary/aromatic N) is 4. The number of rotatable bonds is 5. The molecule has 0 radical (unpaired) electrons. The molecule has 2 heterocycles. The maximum absolute atomic E-state index is 10.9. The van der Waals surface area contributed by atoms with Crippen LogP contribution >= 0.6 is 0 Å². The van der Waals surface area contributed by atoms with E-state index in [-0.39, 0.29) is 5.69 Å². The number of hydrogen-bond acceptors (Lipinski definition) is 6. The van der Waals surface area contributed by atoms with Crippen molar-refractivity contribution in [2.24, 2.45) is 5.73 Å². The van der Waals surface area contributed by atoms with Crippen LogP contribution in [0.3, 0.4) is 0 Å². The van der Waals surface area contributed by atoms with Gasteiger partial charge < -0.3 is 11.1 Å². The van der Waals surface area contributed by atoms with Crippen LogP contribution in [0.25, 0.3) is 27.9 Å². The standard InChI is InChI=1S/C18H16N6O2/c19-9-10-20-17-18-21-11-16(12-5-7-13(8-6-12)24(25)26)23(18)15-4-2-1-3-14(15)22-17/h1-8,11H,9-10,19H2,(H,20,22). The molecule has 4 rings (SSSR count). The van der Waals surface area contributed by atoms with Crippen molar-refractivity contribution in [3.63, 3.8) is 0 Å². The van der Waals surface area contributed by atoms with Gasteiger partial charge in [-0.25, -0.2) is 9.97 Å². The predicted octanol–water partition coefficient (Wildman–Crippen LogP) is 2.83. The number of nitrogens with one attached hydrogen (secondary N) is 1. The van der Waals surface area contributed by atoms with Gasteiger partial charge in [-0.15, -0.1) is 0 Å². The molecule has 0 saturated heterocycles. The van der Waals surface area contributed by atoms with Crippen molar-refractivity contribution in [1.29, 1.82) is 0 Å². The van der Waals surface area contributed by atoms with Gasteiger partial charge in [-0.1, -0.05) is 12.1 Å². The first kappa shape index (κ1) is 16.0. The Labute approximate surface area is 148 Å². The largest absolute Gasteiger partial charge is 0.366 e. The summed E-state index contributed by atoms with van der Waals surface area (Å²) in [7, 11) is 0. The summed E-state index contributed by atoms with van der Waals surface area (Å²) < 4.78 is 2.00. The molecule has 0 aliphatic rings. The molecule has 0 atom stereocenters. The Hall–Kier alpha value is -3.52. The summed E-state index contributed by atoms with van der Waals surface area (Å²) in [6.45, 7) is 1.07. The zero-order valence-corrected chi connectivity index (χ0v) is 13.8. The van der Waals surface area contributed by atoms with Gasteiger partial charge in [-0.2, -0.15) is 0 Å². The summed E-state index contributed by atoms with van der Waals surface area (Å²) in [5.74, 6) is 0.655. The maximum Gasteiger partial charge on any atom is 0.269 e. The number of non-ortho nitro benzene ring substituents is 1. The number of anilines is 1. The van der Waals surface area contributed by atoms with Gasteiger partial charge in [-0.05, 0) is 24.3 Å². The summed E-state index contributed by atoms with van der Waals surface area (Å²) in [6.07, 6.45) is 1.75. The van der Waals surface area contributed by atoms with E-state index in [1.807, 2.05) is 28.7 Å². The number of fused-ring (bicyclic) bond motifs is 3. The number of nitro groups is 1. The molecule has 0 aliphatic carbocycles. The third-order valence-corrected chi connectivity index (χ3v) is 4.14. The molecular weight excluding hydrogens is 332 g/mol. The molecule has 2 aromatic carbocycles. The average Bonchev–Trinajstić information content (AvgIpc) is 3.12. The smallest absolute Gasteiger partial charge is 0.269 e. The summed E-state index contributed by atoms with van der Waals surface area (Å²) in [5, 5.41) is 14.1. The molecule has 130 valence electrons. The Kier molecular flexibility index (Phi) is 3.94. The predicted molar refractivity (Wildman–Crippen MR) is 100 cm³/mol. The minimum atomic E-state index is -0.410. The Balaban J connectivity index is 1.95. The van der Waals surface area contributed by atoms with Crippen molar-refractivity contribution in [3.05, 3.63) is 64.8 Å². The highest BCUT2D eigenvalue weighted by Crippen LogP contribution is 2.29. The highest BCUT2D eigenvalue weighted by molar-refractivity contribution is 5.86. The van der Waals surface area contributed by atoms with Crippen LogP contribution in [0, 0.1) is 10.1 Å². The Bertz CT molecular complexity index is 1100. The summed E-state index contributed by atoms with van der Waals surface area (Å²) in [4.78, 5) is 19.6. The molecular formula is C18H16N6O2. The van der Waals surface area contributed by atoms with E-state index in [1.165, 1.54) is 12.1 Å². The SMILES string of the molecule is NCCNc1nc2ccccc2n2c(-c3ccc([N+](=O)[O-])cc3)cnc12. The fourth-order valence-electron chi connectivity index (χ4n) is 2.95. The zero-order chi connectivity index (χ0) is 18.1. The highest BCUT2D eigenvalue weighted by Gasteiger charge is 2.15. The van der Waals surface area contributed by atoms with Gasteiger partial charge in [-0.3, -0.25) is 14.5 Å². The van der Waals surface area contributed by atoms with Crippen LogP contribution in [0.5, 0.6) is 0 Å². The number of para-hydroxylation sites is 2.